The second-order valence-electron chi connectivity index (χ2n) is 4.51. The van der Waals surface area contributed by atoms with Gasteiger partial charge in [-0.3, -0.25) is 0 Å². The van der Waals surface area contributed by atoms with Crippen molar-refractivity contribution in [2.45, 2.75) is 13.8 Å². The largest absolute Gasteiger partial charge is 0.395 e. The number of para-hydroxylation sites is 1. The van der Waals surface area contributed by atoms with Crippen molar-refractivity contribution in [3.05, 3.63) is 24.0 Å². The summed E-state index contributed by atoms with van der Waals surface area (Å²) in [5.74, 6) is 0.114. The Morgan fingerprint density at radius 3 is 2.71 bits per heavy atom. The van der Waals surface area contributed by atoms with Gasteiger partial charge in [0.15, 0.2) is 0 Å². The van der Waals surface area contributed by atoms with E-state index in [1.165, 1.54) is 6.07 Å². The van der Waals surface area contributed by atoms with Crippen LogP contribution in [0.25, 0.3) is 0 Å². The Balaban J connectivity index is 2.90. The highest BCUT2D eigenvalue weighted by Gasteiger charge is 2.13. The number of halogens is 1. The average molecular weight is 240 g/mol. The minimum atomic E-state index is -0.367. The zero-order valence-electron chi connectivity index (χ0n) is 10.7. The van der Waals surface area contributed by atoms with Gasteiger partial charge in [0.05, 0.1) is 18.0 Å². The molecule has 1 aromatic rings. The van der Waals surface area contributed by atoms with E-state index >= 15 is 0 Å². The predicted octanol–water partition coefficient (Wildman–Crippen LogP) is 2.52. The third-order valence-corrected chi connectivity index (χ3v) is 2.52. The molecule has 0 saturated carbocycles. The van der Waals surface area contributed by atoms with E-state index in [0.717, 1.165) is 12.2 Å². The fourth-order valence-electron chi connectivity index (χ4n) is 1.75. The summed E-state index contributed by atoms with van der Waals surface area (Å²) >= 11 is 0. The Hall–Kier alpha value is -1.29. The summed E-state index contributed by atoms with van der Waals surface area (Å²) in [5.41, 5.74) is 6.73. The zero-order valence-corrected chi connectivity index (χ0v) is 10.7. The van der Waals surface area contributed by atoms with Gasteiger partial charge in [0.2, 0.25) is 0 Å². The molecule has 2 N–H and O–H groups in total. The van der Waals surface area contributed by atoms with Crippen molar-refractivity contribution in [2.24, 2.45) is 5.92 Å². The molecule has 4 heteroatoms. The van der Waals surface area contributed by atoms with Crippen LogP contribution in [0.5, 0.6) is 0 Å². The van der Waals surface area contributed by atoms with Crippen molar-refractivity contribution in [3.8, 4) is 0 Å². The Bertz CT molecular complexity index is 355. The number of benzene rings is 1. The Morgan fingerprint density at radius 2 is 2.12 bits per heavy atom. The lowest BCUT2D eigenvalue weighted by molar-refractivity contribution is 0.204. The third kappa shape index (κ3) is 3.89. The molecule has 0 aliphatic rings. The molecule has 0 radical (unpaired) electrons. The van der Waals surface area contributed by atoms with Crippen LogP contribution < -0.4 is 10.6 Å². The van der Waals surface area contributed by atoms with Crippen molar-refractivity contribution in [1.29, 1.82) is 0 Å². The van der Waals surface area contributed by atoms with Gasteiger partial charge < -0.3 is 15.4 Å². The van der Waals surface area contributed by atoms with Gasteiger partial charge in [-0.2, -0.15) is 0 Å². The van der Waals surface area contributed by atoms with Gasteiger partial charge in [0.1, 0.15) is 5.82 Å². The summed E-state index contributed by atoms with van der Waals surface area (Å²) in [5, 5.41) is 0. The van der Waals surface area contributed by atoms with Gasteiger partial charge in [-0.15, -0.1) is 0 Å². The number of nitrogens with two attached hydrogens (primary N) is 1. The number of rotatable bonds is 6. The average Bonchev–Trinajstić information content (AvgIpc) is 2.28. The Kier molecular flexibility index (Phi) is 5.22. The van der Waals surface area contributed by atoms with Crippen LogP contribution in [0.2, 0.25) is 0 Å². The van der Waals surface area contributed by atoms with Gasteiger partial charge in [-0.05, 0) is 18.1 Å². The molecule has 3 nitrogen and oxygen atoms in total. The first kappa shape index (κ1) is 13.8. The number of hydrogen-bond acceptors (Lipinski definition) is 3. The summed E-state index contributed by atoms with van der Waals surface area (Å²) in [6.45, 7) is 6.38. The zero-order chi connectivity index (χ0) is 12.8. The first-order valence-electron chi connectivity index (χ1n) is 5.84. The quantitative estimate of drug-likeness (QED) is 0.776. The van der Waals surface area contributed by atoms with Crippen LogP contribution in [0, 0.1) is 11.7 Å². The first-order chi connectivity index (χ1) is 8.06. The highest BCUT2D eigenvalue weighted by molar-refractivity contribution is 5.68. The van der Waals surface area contributed by atoms with E-state index in [9.17, 15) is 4.39 Å². The van der Waals surface area contributed by atoms with Crippen LogP contribution in [-0.4, -0.2) is 26.8 Å². The maximum atomic E-state index is 13.4. The monoisotopic (exact) mass is 240 g/mol. The number of methoxy groups -OCH3 is 1. The van der Waals surface area contributed by atoms with Gasteiger partial charge in [0, 0.05) is 20.2 Å². The van der Waals surface area contributed by atoms with Gasteiger partial charge in [-0.25, -0.2) is 4.39 Å². The minimum absolute atomic E-state index is 0.212. The molecule has 1 rings (SSSR count). The number of anilines is 2. The summed E-state index contributed by atoms with van der Waals surface area (Å²) in [6, 6.07) is 4.90. The molecule has 0 bridgehead atoms. The summed E-state index contributed by atoms with van der Waals surface area (Å²) in [7, 11) is 1.66. The predicted molar refractivity (Wildman–Crippen MR) is 69.7 cm³/mol. The van der Waals surface area contributed by atoms with Crippen LogP contribution >= 0.6 is 0 Å². The van der Waals surface area contributed by atoms with E-state index in [1.807, 2.05) is 6.07 Å². The van der Waals surface area contributed by atoms with Crippen molar-refractivity contribution < 1.29 is 9.13 Å². The molecule has 0 aliphatic carbocycles. The van der Waals surface area contributed by atoms with Gasteiger partial charge >= 0.3 is 0 Å². The molecule has 17 heavy (non-hydrogen) atoms. The highest BCUT2D eigenvalue weighted by Crippen LogP contribution is 2.26. The molecular weight excluding hydrogens is 219 g/mol. The SMILES string of the molecule is COCCN(CC(C)C)c1cccc(F)c1N. The minimum Gasteiger partial charge on any atom is -0.395 e. The van der Waals surface area contributed by atoms with Crippen molar-refractivity contribution in [3.63, 3.8) is 0 Å². The molecular formula is C13H21FN2O. The summed E-state index contributed by atoms with van der Waals surface area (Å²) < 4.78 is 18.5. The fourth-order valence-corrected chi connectivity index (χ4v) is 1.75. The van der Waals surface area contributed by atoms with Gasteiger partial charge in [0.25, 0.3) is 0 Å². The van der Waals surface area contributed by atoms with Crippen LogP contribution in [0.3, 0.4) is 0 Å². The molecule has 0 heterocycles. The topological polar surface area (TPSA) is 38.5 Å². The van der Waals surface area contributed by atoms with Crippen molar-refractivity contribution in [1.82, 2.24) is 0 Å². The summed E-state index contributed by atoms with van der Waals surface area (Å²) in [4.78, 5) is 2.06. The van der Waals surface area contributed by atoms with E-state index in [2.05, 4.69) is 18.7 Å². The second kappa shape index (κ2) is 6.45. The lowest BCUT2D eigenvalue weighted by atomic mass is 10.1. The molecule has 0 spiro atoms. The molecule has 0 amide bonds. The maximum absolute atomic E-state index is 13.4. The number of nitrogen functional groups attached to an aromatic ring is 1. The highest BCUT2D eigenvalue weighted by atomic mass is 19.1. The molecule has 0 unspecified atom stereocenters. The van der Waals surface area contributed by atoms with Crippen LogP contribution in [0.4, 0.5) is 15.8 Å². The molecule has 0 aliphatic heterocycles. The van der Waals surface area contributed by atoms with Crippen molar-refractivity contribution in [2.75, 3.05) is 37.4 Å². The maximum Gasteiger partial charge on any atom is 0.148 e. The lowest BCUT2D eigenvalue weighted by Gasteiger charge is -2.27. The van der Waals surface area contributed by atoms with E-state index in [1.54, 1.807) is 13.2 Å². The van der Waals surface area contributed by atoms with Crippen molar-refractivity contribution >= 4 is 11.4 Å². The molecule has 96 valence electrons. The molecule has 1 aromatic carbocycles. The number of nitrogens with zero attached hydrogens (tertiary/aromatic N) is 1. The standard InChI is InChI=1S/C13H21FN2O/c1-10(2)9-16(7-8-17-3)12-6-4-5-11(14)13(12)15/h4-6,10H,7-9,15H2,1-3H3. The lowest BCUT2D eigenvalue weighted by Crippen LogP contribution is -2.31. The third-order valence-electron chi connectivity index (χ3n) is 2.52. The Labute approximate surface area is 102 Å². The second-order valence-corrected chi connectivity index (χ2v) is 4.51. The van der Waals surface area contributed by atoms with E-state index in [4.69, 9.17) is 10.5 Å². The van der Waals surface area contributed by atoms with Crippen LogP contribution in [-0.2, 0) is 4.74 Å². The first-order valence-corrected chi connectivity index (χ1v) is 5.84. The molecule has 0 aromatic heterocycles. The van der Waals surface area contributed by atoms with Crippen LogP contribution in [0.15, 0.2) is 18.2 Å². The van der Waals surface area contributed by atoms with E-state index < -0.39 is 0 Å². The number of hydrogen-bond donors (Lipinski definition) is 1. The summed E-state index contributed by atoms with van der Waals surface area (Å²) in [6.07, 6.45) is 0. The van der Waals surface area contributed by atoms with E-state index in [0.29, 0.717) is 19.1 Å². The van der Waals surface area contributed by atoms with E-state index in [-0.39, 0.29) is 11.5 Å². The molecule has 0 saturated heterocycles. The van der Waals surface area contributed by atoms with Gasteiger partial charge in [-0.1, -0.05) is 19.9 Å². The Morgan fingerprint density at radius 1 is 1.41 bits per heavy atom. The number of ether oxygens (including phenoxy) is 1. The fraction of sp³-hybridized carbons (Fsp3) is 0.538. The molecule has 0 atom stereocenters. The smallest absolute Gasteiger partial charge is 0.148 e. The normalized spacial score (nSPS) is 10.9. The molecule has 0 fully saturated rings. The van der Waals surface area contributed by atoms with Crippen LogP contribution in [0.1, 0.15) is 13.8 Å².